The maximum atomic E-state index is 13.4. The van der Waals surface area contributed by atoms with Crippen molar-refractivity contribution >= 4 is 17.6 Å². The second kappa shape index (κ2) is 8.98. The van der Waals surface area contributed by atoms with Gasteiger partial charge in [0, 0.05) is 11.6 Å². The highest BCUT2D eigenvalue weighted by Gasteiger charge is 2.35. The first-order valence-electron chi connectivity index (χ1n) is 10.0. The summed E-state index contributed by atoms with van der Waals surface area (Å²) in [5.41, 5.74) is 1.49. The van der Waals surface area contributed by atoms with Crippen molar-refractivity contribution in [3.8, 4) is 0 Å². The molecule has 2 aromatic carbocycles. The van der Waals surface area contributed by atoms with E-state index in [-0.39, 0.29) is 11.6 Å². The van der Waals surface area contributed by atoms with Crippen molar-refractivity contribution in [1.82, 2.24) is 4.90 Å². The molecule has 1 heterocycles. The van der Waals surface area contributed by atoms with Gasteiger partial charge in [0.1, 0.15) is 0 Å². The summed E-state index contributed by atoms with van der Waals surface area (Å²) < 4.78 is 40.1. The summed E-state index contributed by atoms with van der Waals surface area (Å²) in [6, 6.07) is 10.5. The Kier molecular flexibility index (Phi) is 6.78. The Hall–Kier alpha value is -2.05. The first-order valence-corrected chi connectivity index (χ1v) is 10.4. The zero-order valence-electron chi connectivity index (χ0n) is 16.9. The largest absolute Gasteiger partial charge is 0.481 e. The normalized spacial score (nSPS) is 19.1. The van der Waals surface area contributed by atoms with Gasteiger partial charge in [0.25, 0.3) is 0 Å². The minimum Gasteiger partial charge on any atom is -0.481 e. The van der Waals surface area contributed by atoms with Crippen molar-refractivity contribution in [2.75, 3.05) is 13.1 Å². The molecule has 1 saturated heterocycles. The molecule has 0 radical (unpaired) electrons. The molecular formula is C23H25ClF3NO2. The van der Waals surface area contributed by atoms with Crippen LogP contribution in [0, 0.1) is 5.92 Å². The molecule has 2 atom stereocenters. The number of halogens is 4. The summed E-state index contributed by atoms with van der Waals surface area (Å²) in [6.07, 6.45) is -3.27. The summed E-state index contributed by atoms with van der Waals surface area (Å²) in [6.45, 7) is 4.99. The summed E-state index contributed by atoms with van der Waals surface area (Å²) in [4.78, 5) is 13.5. The Labute approximate surface area is 179 Å². The third kappa shape index (κ3) is 4.98. The topological polar surface area (TPSA) is 40.5 Å². The lowest BCUT2D eigenvalue weighted by molar-refractivity contribution is -0.143. The second-order valence-corrected chi connectivity index (χ2v) is 8.54. The third-order valence-corrected chi connectivity index (χ3v) is 6.05. The van der Waals surface area contributed by atoms with Gasteiger partial charge in [-0.2, -0.15) is 13.2 Å². The van der Waals surface area contributed by atoms with Gasteiger partial charge in [0.2, 0.25) is 0 Å². The highest BCUT2D eigenvalue weighted by molar-refractivity contribution is 6.31. The molecule has 0 saturated carbocycles. The number of rotatable bonds is 5. The molecule has 1 aliphatic heterocycles. The van der Waals surface area contributed by atoms with E-state index in [4.69, 9.17) is 11.6 Å². The summed E-state index contributed by atoms with van der Waals surface area (Å²) in [5.74, 6) is -1.12. The van der Waals surface area contributed by atoms with Crippen LogP contribution in [0.15, 0.2) is 42.5 Å². The molecule has 2 aromatic rings. The van der Waals surface area contributed by atoms with E-state index in [0.717, 1.165) is 23.3 Å². The fourth-order valence-electron chi connectivity index (χ4n) is 4.02. The molecule has 3 nitrogen and oxygen atoms in total. The van der Waals surface area contributed by atoms with E-state index in [9.17, 15) is 23.1 Å². The van der Waals surface area contributed by atoms with Crippen LogP contribution < -0.4 is 0 Å². The molecule has 0 aliphatic carbocycles. The molecule has 1 fully saturated rings. The summed E-state index contributed by atoms with van der Waals surface area (Å²) >= 11 is 6.38. The number of benzene rings is 2. The third-order valence-electron chi connectivity index (χ3n) is 5.70. The minimum absolute atomic E-state index is 0.235. The van der Waals surface area contributed by atoms with Gasteiger partial charge in [-0.05, 0) is 60.2 Å². The lowest BCUT2D eigenvalue weighted by Gasteiger charge is -2.38. The van der Waals surface area contributed by atoms with Crippen LogP contribution in [0.3, 0.4) is 0 Å². The van der Waals surface area contributed by atoms with E-state index >= 15 is 0 Å². The lowest BCUT2D eigenvalue weighted by atomic mass is 9.89. The highest BCUT2D eigenvalue weighted by Crippen LogP contribution is 2.40. The van der Waals surface area contributed by atoms with Crippen LogP contribution in [-0.4, -0.2) is 29.1 Å². The van der Waals surface area contributed by atoms with Gasteiger partial charge in [-0.25, -0.2) is 0 Å². The number of aliphatic carboxylic acids is 1. The molecule has 162 valence electrons. The molecule has 30 heavy (non-hydrogen) atoms. The Bertz CT molecular complexity index is 896. The molecule has 0 spiro atoms. The van der Waals surface area contributed by atoms with Crippen molar-refractivity contribution in [3.63, 3.8) is 0 Å². The maximum absolute atomic E-state index is 13.4. The zero-order valence-corrected chi connectivity index (χ0v) is 17.7. The Morgan fingerprint density at radius 3 is 2.33 bits per heavy atom. The van der Waals surface area contributed by atoms with Gasteiger partial charge in [-0.3, -0.25) is 9.69 Å². The molecule has 2 unspecified atom stereocenters. The number of carboxylic acids is 1. The van der Waals surface area contributed by atoms with E-state index in [0.29, 0.717) is 30.9 Å². The van der Waals surface area contributed by atoms with Gasteiger partial charge in [-0.1, -0.05) is 49.7 Å². The fourth-order valence-corrected chi connectivity index (χ4v) is 4.24. The van der Waals surface area contributed by atoms with Crippen LogP contribution >= 0.6 is 11.6 Å². The first-order chi connectivity index (χ1) is 14.1. The number of carboxylic acid groups (broad SMARTS) is 1. The quantitative estimate of drug-likeness (QED) is 0.588. The van der Waals surface area contributed by atoms with Gasteiger partial charge >= 0.3 is 12.1 Å². The first kappa shape index (κ1) is 22.6. The van der Waals surface area contributed by atoms with Crippen LogP contribution in [0.1, 0.15) is 60.9 Å². The van der Waals surface area contributed by atoms with Crippen LogP contribution in [0.5, 0.6) is 0 Å². The number of likely N-dealkylation sites (tertiary alicyclic amines) is 1. The second-order valence-electron chi connectivity index (χ2n) is 8.13. The molecule has 0 bridgehead atoms. The highest BCUT2D eigenvalue weighted by atomic mass is 35.5. The summed E-state index contributed by atoms with van der Waals surface area (Å²) in [5, 5.41) is 9.71. The fraction of sp³-hybridized carbons (Fsp3) is 0.435. The predicted octanol–water partition coefficient (Wildman–Crippen LogP) is 6.37. The molecule has 0 aromatic heterocycles. The van der Waals surface area contributed by atoms with Crippen LogP contribution in [-0.2, 0) is 11.0 Å². The van der Waals surface area contributed by atoms with Gasteiger partial charge < -0.3 is 5.11 Å². The van der Waals surface area contributed by atoms with Gasteiger partial charge in [0.15, 0.2) is 0 Å². The van der Waals surface area contributed by atoms with Gasteiger partial charge in [-0.15, -0.1) is 0 Å². The molecule has 1 N–H and O–H groups in total. The SMILES string of the molecule is CC(C)c1ccc(C(c2cc(C(F)(F)F)ccc2Cl)N2CCCC(C(=O)O)C2)cc1. The Morgan fingerprint density at radius 1 is 1.13 bits per heavy atom. The summed E-state index contributed by atoms with van der Waals surface area (Å²) in [7, 11) is 0. The van der Waals surface area contributed by atoms with E-state index < -0.39 is 29.7 Å². The monoisotopic (exact) mass is 439 g/mol. The number of hydrogen-bond donors (Lipinski definition) is 1. The lowest BCUT2D eigenvalue weighted by Crippen LogP contribution is -2.41. The molecule has 1 aliphatic rings. The number of alkyl halides is 3. The van der Waals surface area contributed by atoms with E-state index in [1.807, 2.05) is 29.2 Å². The van der Waals surface area contributed by atoms with Crippen molar-refractivity contribution in [2.24, 2.45) is 5.92 Å². The Balaban J connectivity index is 2.09. The minimum atomic E-state index is -4.49. The maximum Gasteiger partial charge on any atom is 0.416 e. The van der Waals surface area contributed by atoms with Gasteiger partial charge in [0.05, 0.1) is 17.5 Å². The Morgan fingerprint density at radius 2 is 1.77 bits per heavy atom. The van der Waals surface area contributed by atoms with Crippen molar-refractivity contribution < 1.29 is 23.1 Å². The smallest absolute Gasteiger partial charge is 0.416 e. The van der Waals surface area contributed by atoms with Crippen molar-refractivity contribution in [2.45, 2.75) is 44.8 Å². The molecular weight excluding hydrogens is 415 g/mol. The molecule has 3 rings (SSSR count). The van der Waals surface area contributed by atoms with Crippen LogP contribution in [0.4, 0.5) is 13.2 Å². The number of piperidine rings is 1. The van der Waals surface area contributed by atoms with Crippen LogP contribution in [0.2, 0.25) is 5.02 Å². The number of carbonyl (C=O) groups is 1. The van der Waals surface area contributed by atoms with E-state index in [1.165, 1.54) is 6.07 Å². The van der Waals surface area contributed by atoms with E-state index in [1.54, 1.807) is 0 Å². The number of nitrogens with zero attached hydrogens (tertiary/aromatic N) is 1. The predicted molar refractivity (Wildman–Crippen MR) is 111 cm³/mol. The molecule has 7 heteroatoms. The number of hydrogen-bond acceptors (Lipinski definition) is 2. The zero-order chi connectivity index (χ0) is 22.1. The average molecular weight is 440 g/mol. The molecule has 0 amide bonds. The average Bonchev–Trinajstić information content (AvgIpc) is 2.69. The van der Waals surface area contributed by atoms with E-state index in [2.05, 4.69) is 13.8 Å². The van der Waals surface area contributed by atoms with Crippen molar-refractivity contribution in [3.05, 3.63) is 69.7 Å². The van der Waals surface area contributed by atoms with Crippen LogP contribution in [0.25, 0.3) is 0 Å². The standard InChI is InChI=1S/C23H25ClF3NO2/c1-14(2)15-5-7-16(8-6-15)21(28-11-3-4-17(13-28)22(29)30)19-12-18(23(25,26)27)9-10-20(19)24/h5-10,12,14,17,21H,3-4,11,13H2,1-2H3,(H,29,30). The van der Waals surface area contributed by atoms with Crippen molar-refractivity contribution in [1.29, 1.82) is 0 Å².